The Kier molecular flexibility index (Phi) is 6.91. The molecule has 0 atom stereocenters. The lowest BCUT2D eigenvalue weighted by Gasteiger charge is -2.04. The molecule has 0 bridgehead atoms. The molecule has 1 amide bonds. The van der Waals surface area contributed by atoms with Crippen LogP contribution in [0.15, 0.2) is 78.3 Å². The highest BCUT2D eigenvalue weighted by atomic mass is 32.1. The SMILES string of the molecule is CCOc1ccc(-c2nc(CC(=O)Nc3cccc(C#Cc4ccccn4)c3)cs2)cc1. The van der Waals surface area contributed by atoms with Crippen LogP contribution in [-0.2, 0) is 11.2 Å². The number of nitrogens with one attached hydrogen (secondary N) is 1. The summed E-state index contributed by atoms with van der Waals surface area (Å²) in [5, 5.41) is 5.72. The predicted octanol–water partition coefficient (Wildman–Crippen LogP) is 5.18. The molecule has 0 fully saturated rings. The number of carbonyl (C=O) groups is 1. The van der Waals surface area contributed by atoms with E-state index in [1.807, 2.05) is 79.0 Å². The van der Waals surface area contributed by atoms with Gasteiger partial charge in [-0.3, -0.25) is 4.79 Å². The summed E-state index contributed by atoms with van der Waals surface area (Å²) in [5.41, 5.74) is 3.95. The summed E-state index contributed by atoms with van der Waals surface area (Å²) in [7, 11) is 0. The van der Waals surface area contributed by atoms with E-state index >= 15 is 0 Å². The highest BCUT2D eigenvalue weighted by molar-refractivity contribution is 7.13. The molecule has 5 nitrogen and oxygen atoms in total. The van der Waals surface area contributed by atoms with Crippen molar-refractivity contribution in [2.24, 2.45) is 0 Å². The third-order valence-corrected chi connectivity index (χ3v) is 5.39. The first-order valence-electron chi connectivity index (χ1n) is 10.2. The van der Waals surface area contributed by atoms with Gasteiger partial charge in [0.15, 0.2) is 0 Å². The Morgan fingerprint density at radius 1 is 1.06 bits per heavy atom. The Morgan fingerprint density at radius 2 is 1.94 bits per heavy atom. The van der Waals surface area contributed by atoms with E-state index in [-0.39, 0.29) is 12.3 Å². The molecule has 4 aromatic rings. The fourth-order valence-corrected chi connectivity index (χ4v) is 3.82. The van der Waals surface area contributed by atoms with Gasteiger partial charge in [0.25, 0.3) is 0 Å². The van der Waals surface area contributed by atoms with Gasteiger partial charge in [0, 0.05) is 28.4 Å². The largest absolute Gasteiger partial charge is 0.494 e. The van der Waals surface area contributed by atoms with Crippen molar-refractivity contribution in [3.05, 3.63) is 95.3 Å². The predicted molar refractivity (Wildman–Crippen MR) is 128 cm³/mol. The van der Waals surface area contributed by atoms with Crippen molar-refractivity contribution in [1.82, 2.24) is 9.97 Å². The lowest BCUT2D eigenvalue weighted by molar-refractivity contribution is -0.115. The van der Waals surface area contributed by atoms with Crippen LogP contribution in [0.3, 0.4) is 0 Å². The van der Waals surface area contributed by atoms with Crippen LogP contribution in [0, 0.1) is 11.8 Å². The van der Waals surface area contributed by atoms with Crippen molar-refractivity contribution in [2.75, 3.05) is 11.9 Å². The Morgan fingerprint density at radius 3 is 2.72 bits per heavy atom. The van der Waals surface area contributed by atoms with Gasteiger partial charge in [0.05, 0.1) is 18.7 Å². The molecule has 0 radical (unpaired) electrons. The van der Waals surface area contributed by atoms with Gasteiger partial charge in [-0.1, -0.05) is 18.1 Å². The Bertz CT molecular complexity index is 1260. The number of anilines is 1. The molecule has 0 unspecified atom stereocenters. The molecule has 4 rings (SSSR count). The number of nitrogens with zero attached hydrogens (tertiary/aromatic N) is 2. The van der Waals surface area contributed by atoms with Crippen LogP contribution in [0.4, 0.5) is 5.69 Å². The van der Waals surface area contributed by atoms with E-state index in [1.54, 1.807) is 6.20 Å². The zero-order valence-corrected chi connectivity index (χ0v) is 18.4. The molecule has 2 aromatic heterocycles. The molecule has 0 saturated heterocycles. The normalized spacial score (nSPS) is 10.2. The summed E-state index contributed by atoms with van der Waals surface area (Å²) in [5.74, 6) is 6.80. The average Bonchev–Trinajstić information content (AvgIpc) is 3.27. The monoisotopic (exact) mass is 439 g/mol. The molecule has 6 heteroatoms. The van der Waals surface area contributed by atoms with Gasteiger partial charge in [0.2, 0.25) is 5.91 Å². The van der Waals surface area contributed by atoms with Crippen molar-refractivity contribution < 1.29 is 9.53 Å². The van der Waals surface area contributed by atoms with Gasteiger partial charge in [-0.15, -0.1) is 11.3 Å². The van der Waals surface area contributed by atoms with E-state index in [2.05, 4.69) is 27.1 Å². The molecule has 32 heavy (non-hydrogen) atoms. The van der Waals surface area contributed by atoms with Crippen LogP contribution in [0.2, 0.25) is 0 Å². The molecule has 0 aliphatic carbocycles. The van der Waals surface area contributed by atoms with Gasteiger partial charge in [-0.05, 0) is 67.4 Å². The number of hydrogen-bond acceptors (Lipinski definition) is 5. The summed E-state index contributed by atoms with van der Waals surface area (Å²) >= 11 is 1.52. The van der Waals surface area contributed by atoms with Crippen LogP contribution in [0.1, 0.15) is 23.9 Å². The second-order valence-electron chi connectivity index (χ2n) is 6.87. The first-order chi connectivity index (χ1) is 15.7. The van der Waals surface area contributed by atoms with E-state index in [1.165, 1.54) is 11.3 Å². The summed E-state index contributed by atoms with van der Waals surface area (Å²) < 4.78 is 5.48. The van der Waals surface area contributed by atoms with Crippen LogP contribution < -0.4 is 10.1 Å². The number of pyridine rings is 1. The van der Waals surface area contributed by atoms with E-state index in [0.29, 0.717) is 18.0 Å². The number of thiazole rings is 1. The first kappa shape index (κ1) is 21.3. The maximum Gasteiger partial charge on any atom is 0.230 e. The zero-order valence-electron chi connectivity index (χ0n) is 17.5. The molecule has 0 aliphatic heterocycles. The fraction of sp³-hybridized carbons (Fsp3) is 0.115. The molecule has 0 saturated carbocycles. The Balaban J connectivity index is 1.38. The van der Waals surface area contributed by atoms with Crippen molar-refractivity contribution in [3.63, 3.8) is 0 Å². The Labute approximate surface area is 191 Å². The van der Waals surface area contributed by atoms with Gasteiger partial charge >= 0.3 is 0 Å². The minimum Gasteiger partial charge on any atom is -0.494 e. The average molecular weight is 440 g/mol. The summed E-state index contributed by atoms with van der Waals surface area (Å²) in [6.45, 7) is 2.59. The van der Waals surface area contributed by atoms with Gasteiger partial charge < -0.3 is 10.1 Å². The van der Waals surface area contributed by atoms with Crippen LogP contribution >= 0.6 is 11.3 Å². The molecule has 0 aliphatic rings. The minimum absolute atomic E-state index is 0.122. The fourth-order valence-electron chi connectivity index (χ4n) is 3.00. The van der Waals surface area contributed by atoms with Gasteiger partial charge in [0.1, 0.15) is 16.5 Å². The van der Waals surface area contributed by atoms with E-state index in [9.17, 15) is 4.79 Å². The number of rotatable bonds is 6. The number of hydrogen-bond donors (Lipinski definition) is 1. The molecule has 2 aromatic carbocycles. The van der Waals surface area contributed by atoms with Crippen LogP contribution in [0.5, 0.6) is 5.75 Å². The van der Waals surface area contributed by atoms with Crippen LogP contribution in [0.25, 0.3) is 10.6 Å². The zero-order chi connectivity index (χ0) is 22.2. The number of carbonyl (C=O) groups excluding carboxylic acids is 1. The summed E-state index contributed by atoms with van der Waals surface area (Å²) in [4.78, 5) is 21.3. The molecule has 158 valence electrons. The second-order valence-corrected chi connectivity index (χ2v) is 7.73. The Hall–Kier alpha value is -3.95. The number of aromatic nitrogens is 2. The van der Waals surface area contributed by atoms with Crippen molar-refractivity contribution in [3.8, 4) is 28.2 Å². The first-order valence-corrected chi connectivity index (χ1v) is 11.1. The maximum absolute atomic E-state index is 12.5. The molecule has 0 spiro atoms. The third-order valence-electron chi connectivity index (χ3n) is 4.45. The van der Waals surface area contributed by atoms with Crippen molar-refractivity contribution >= 4 is 22.9 Å². The van der Waals surface area contributed by atoms with Crippen LogP contribution in [-0.4, -0.2) is 22.5 Å². The van der Waals surface area contributed by atoms with E-state index in [4.69, 9.17) is 4.74 Å². The van der Waals surface area contributed by atoms with Gasteiger partial charge in [-0.2, -0.15) is 0 Å². The summed E-state index contributed by atoms with van der Waals surface area (Å²) in [6.07, 6.45) is 1.91. The molecular formula is C26H21N3O2S. The standard InChI is InChI=1S/C26H21N3O2S/c1-2-31-24-13-10-20(11-14-24)26-29-23(18-32-26)17-25(30)28-22-8-5-6-19(16-22)9-12-21-7-3-4-15-27-21/h3-8,10-11,13-16,18H,2,17H2,1H3,(H,28,30). The smallest absolute Gasteiger partial charge is 0.230 e. The number of ether oxygens (including phenoxy) is 1. The van der Waals surface area contributed by atoms with E-state index < -0.39 is 0 Å². The maximum atomic E-state index is 12.5. The topological polar surface area (TPSA) is 64.1 Å². The number of amides is 1. The van der Waals surface area contributed by atoms with Crippen molar-refractivity contribution in [1.29, 1.82) is 0 Å². The van der Waals surface area contributed by atoms with E-state index in [0.717, 1.165) is 27.6 Å². The lowest BCUT2D eigenvalue weighted by atomic mass is 10.2. The van der Waals surface area contributed by atoms with Gasteiger partial charge in [-0.25, -0.2) is 9.97 Å². The molecular weight excluding hydrogens is 418 g/mol. The third kappa shape index (κ3) is 5.81. The van der Waals surface area contributed by atoms with Crippen molar-refractivity contribution in [2.45, 2.75) is 13.3 Å². The quantitative estimate of drug-likeness (QED) is 0.420. The highest BCUT2D eigenvalue weighted by Gasteiger charge is 2.10. The summed E-state index contributed by atoms with van der Waals surface area (Å²) in [6, 6.07) is 20.9. The lowest BCUT2D eigenvalue weighted by Crippen LogP contribution is -2.14. The molecule has 1 N–H and O–H groups in total. The number of benzene rings is 2. The second kappa shape index (κ2) is 10.4. The molecule has 2 heterocycles. The minimum atomic E-state index is -0.122. The highest BCUT2D eigenvalue weighted by Crippen LogP contribution is 2.26.